The highest BCUT2D eigenvalue weighted by molar-refractivity contribution is 5.95. The first kappa shape index (κ1) is 14.2. The maximum Gasteiger partial charge on any atom is 0.303 e. The number of nitrogens with zero attached hydrogens (tertiary/aromatic N) is 1. The Morgan fingerprint density at radius 1 is 1.11 bits per heavy atom. The lowest BCUT2D eigenvalue weighted by Gasteiger charge is -2.21. The average Bonchev–Trinajstić information content (AvgIpc) is 2.32. The molecule has 4 heteroatoms. The van der Waals surface area contributed by atoms with E-state index >= 15 is 0 Å². The van der Waals surface area contributed by atoms with Crippen molar-refractivity contribution in [3.8, 4) is 0 Å². The smallest absolute Gasteiger partial charge is 0.303 e. The Kier molecular flexibility index (Phi) is 4.48. The minimum Gasteiger partial charge on any atom is -0.481 e. The van der Waals surface area contributed by atoms with E-state index in [0.717, 1.165) is 16.8 Å². The molecular weight excluding hydrogens is 230 g/mol. The Balaban J connectivity index is 2.90. The SMILES string of the molecule is Cc1ccc(N(C)C(=O)CCC(=O)O)c(C)c1C. The molecule has 0 aromatic heterocycles. The van der Waals surface area contributed by atoms with Crippen LogP contribution in [0.5, 0.6) is 0 Å². The number of aliphatic carboxylic acids is 1. The Labute approximate surface area is 107 Å². The van der Waals surface area contributed by atoms with E-state index < -0.39 is 5.97 Å². The Hall–Kier alpha value is -1.84. The van der Waals surface area contributed by atoms with Crippen molar-refractivity contribution in [2.24, 2.45) is 0 Å². The van der Waals surface area contributed by atoms with Gasteiger partial charge in [0.05, 0.1) is 6.42 Å². The number of benzene rings is 1. The predicted molar refractivity (Wildman–Crippen MR) is 70.9 cm³/mol. The fourth-order valence-corrected chi connectivity index (χ4v) is 1.82. The van der Waals surface area contributed by atoms with E-state index in [0.29, 0.717) is 0 Å². The van der Waals surface area contributed by atoms with Crippen LogP contribution in [-0.2, 0) is 9.59 Å². The number of hydrogen-bond donors (Lipinski definition) is 1. The number of rotatable bonds is 4. The van der Waals surface area contributed by atoms with Crippen molar-refractivity contribution in [1.29, 1.82) is 0 Å². The van der Waals surface area contributed by atoms with Crippen LogP contribution in [0.4, 0.5) is 5.69 Å². The van der Waals surface area contributed by atoms with Crippen LogP contribution in [0, 0.1) is 20.8 Å². The number of carbonyl (C=O) groups is 2. The molecule has 0 aliphatic heterocycles. The molecule has 0 aliphatic rings. The van der Waals surface area contributed by atoms with E-state index in [9.17, 15) is 9.59 Å². The van der Waals surface area contributed by atoms with Gasteiger partial charge in [-0.2, -0.15) is 0 Å². The third-order valence-corrected chi connectivity index (χ3v) is 3.32. The second-order valence-electron chi connectivity index (χ2n) is 4.50. The Bertz CT molecular complexity index is 480. The molecular formula is C14H19NO3. The molecule has 0 heterocycles. The number of hydrogen-bond acceptors (Lipinski definition) is 2. The minimum atomic E-state index is -0.950. The highest BCUT2D eigenvalue weighted by Crippen LogP contribution is 2.25. The van der Waals surface area contributed by atoms with Crippen molar-refractivity contribution < 1.29 is 14.7 Å². The van der Waals surface area contributed by atoms with Gasteiger partial charge in [-0.3, -0.25) is 9.59 Å². The number of amides is 1. The second-order valence-corrected chi connectivity index (χ2v) is 4.50. The first-order chi connectivity index (χ1) is 8.34. The second kappa shape index (κ2) is 5.67. The molecule has 0 aliphatic carbocycles. The summed E-state index contributed by atoms with van der Waals surface area (Å²) in [4.78, 5) is 23.8. The quantitative estimate of drug-likeness (QED) is 0.891. The fraction of sp³-hybridized carbons (Fsp3) is 0.429. The lowest BCUT2D eigenvalue weighted by Crippen LogP contribution is -2.27. The van der Waals surface area contributed by atoms with Crippen LogP contribution in [0.3, 0.4) is 0 Å². The van der Waals surface area contributed by atoms with Gasteiger partial charge in [-0.15, -0.1) is 0 Å². The van der Waals surface area contributed by atoms with E-state index in [1.807, 2.05) is 32.9 Å². The van der Waals surface area contributed by atoms with Crippen molar-refractivity contribution in [3.63, 3.8) is 0 Å². The summed E-state index contributed by atoms with van der Waals surface area (Å²) in [6.45, 7) is 6.01. The summed E-state index contributed by atoms with van der Waals surface area (Å²) < 4.78 is 0. The largest absolute Gasteiger partial charge is 0.481 e. The monoisotopic (exact) mass is 249 g/mol. The van der Waals surface area contributed by atoms with Crippen LogP contribution in [0.15, 0.2) is 12.1 Å². The molecule has 0 saturated heterocycles. The lowest BCUT2D eigenvalue weighted by molar-refractivity contribution is -0.138. The van der Waals surface area contributed by atoms with Gasteiger partial charge in [0, 0.05) is 19.2 Å². The minimum absolute atomic E-state index is 0.0260. The van der Waals surface area contributed by atoms with Crippen molar-refractivity contribution >= 4 is 17.6 Å². The summed E-state index contributed by atoms with van der Waals surface area (Å²) in [6.07, 6.45) is -0.106. The summed E-state index contributed by atoms with van der Waals surface area (Å²) in [5, 5.41) is 8.58. The maximum atomic E-state index is 11.9. The van der Waals surface area contributed by atoms with Crippen molar-refractivity contribution in [2.45, 2.75) is 33.6 Å². The Morgan fingerprint density at radius 3 is 2.28 bits per heavy atom. The highest BCUT2D eigenvalue weighted by Gasteiger charge is 2.15. The van der Waals surface area contributed by atoms with Gasteiger partial charge < -0.3 is 10.0 Å². The van der Waals surface area contributed by atoms with Gasteiger partial charge in [0.2, 0.25) is 5.91 Å². The van der Waals surface area contributed by atoms with Crippen molar-refractivity contribution in [3.05, 3.63) is 28.8 Å². The fourth-order valence-electron chi connectivity index (χ4n) is 1.82. The standard InChI is InChI=1S/C14H19NO3/c1-9-5-6-12(11(3)10(9)2)15(4)13(16)7-8-14(17)18/h5-6H,7-8H2,1-4H3,(H,17,18). The molecule has 1 N–H and O–H groups in total. The average molecular weight is 249 g/mol. The molecule has 0 saturated carbocycles. The maximum absolute atomic E-state index is 11.9. The number of carboxylic acid groups (broad SMARTS) is 1. The zero-order valence-electron chi connectivity index (χ0n) is 11.3. The molecule has 1 amide bonds. The van der Waals surface area contributed by atoms with Gasteiger partial charge in [-0.05, 0) is 43.5 Å². The van der Waals surface area contributed by atoms with Crippen LogP contribution in [-0.4, -0.2) is 24.0 Å². The molecule has 0 atom stereocenters. The Morgan fingerprint density at radius 2 is 1.72 bits per heavy atom. The van der Waals surface area contributed by atoms with Gasteiger partial charge in [0.25, 0.3) is 0 Å². The van der Waals surface area contributed by atoms with Crippen LogP contribution in [0.2, 0.25) is 0 Å². The van der Waals surface area contributed by atoms with Gasteiger partial charge in [-0.1, -0.05) is 6.07 Å². The van der Waals surface area contributed by atoms with Crippen molar-refractivity contribution in [2.75, 3.05) is 11.9 Å². The van der Waals surface area contributed by atoms with Crippen LogP contribution in [0.25, 0.3) is 0 Å². The lowest BCUT2D eigenvalue weighted by atomic mass is 10.0. The van der Waals surface area contributed by atoms with Gasteiger partial charge in [-0.25, -0.2) is 0 Å². The summed E-state index contributed by atoms with van der Waals surface area (Å²) in [6, 6.07) is 3.87. The molecule has 0 fully saturated rings. The molecule has 0 unspecified atom stereocenters. The number of anilines is 1. The molecule has 0 radical (unpaired) electrons. The summed E-state index contributed by atoms with van der Waals surface area (Å²) >= 11 is 0. The van der Waals surface area contributed by atoms with E-state index in [1.54, 1.807) is 7.05 Å². The predicted octanol–water partition coefficient (Wildman–Crippen LogP) is 2.44. The zero-order chi connectivity index (χ0) is 13.9. The number of carbonyl (C=O) groups excluding carboxylic acids is 1. The van der Waals surface area contributed by atoms with Gasteiger partial charge in [0.15, 0.2) is 0 Å². The summed E-state index contributed by atoms with van der Waals surface area (Å²) in [7, 11) is 1.68. The highest BCUT2D eigenvalue weighted by atomic mass is 16.4. The van der Waals surface area contributed by atoms with E-state index in [4.69, 9.17) is 5.11 Å². The molecule has 0 bridgehead atoms. The van der Waals surface area contributed by atoms with Crippen LogP contribution in [0.1, 0.15) is 29.5 Å². The third-order valence-electron chi connectivity index (χ3n) is 3.32. The molecule has 0 spiro atoms. The van der Waals surface area contributed by atoms with Crippen LogP contribution >= 0.6 is 0 Å². The number of aryl methyl sites for hydroxylation is 1. The molecule has 1 aromatic rings. The van der Waals surface area contributed by atoms with Gasteiger partial charge in [0.1, 0.15) is 0 Å². The van der Waals surface area contributed by atoms with Crippen molar-refractivity contribution in [1.82, 2.24) is 0 Å². The first-order valence-electron chi connectivity index (χ1n) is 5.89. The molecule has 4 nitrogen and oxygen atoms in total. The summed E-state index contributed by atoms with van der Waals surface area (Å²) in [5.41, 5.74) is 4.24. The third kappa shape index (κ3) is 3.09. The van der Waals surface area contributed by atoms with E-state index in [1.165, 1.54) is 10.5 Å². The van der Waals surface area contributed by atoms with E-state index in [-0.39, 0.29) is 18.7 Å². The molecule has 98 valence electrons. The van der Waals surface area contributed by atoms with Gasteiger partial charge >= 0.3 is 5.97 Å². The first-order valence-corrected chi connectivity index (χ1v) is 5.89. The normalized spacial score (nSPS) is 10.2. The van der Waals surface area contributed by atoms with E-state index in [2.05, 4.69) is 0 Å². The molecule has 18 heavy (non-hydrogen) atoms. The molecule has 1 rings (SSSR count). The molecule has 1 aromatic carbocycles. The zero-order valence-corrected chi connectivity index (χ0v) is 11.3. The topological polar surface area (TPSA) is 57.6 Å². The van der Waals surface area contributed by atoms with Crippen LogP contribution < -0.4 is 4.90 Å². The summed E-state index contributed by atoms with van der Waals surface area (Å²) in [5.74, 6) is -1.13. The number of carboxylic acids is 1.